The first kappa shape index (κ1) is 15.9. The normalized spacial score (nSPS) is 11.8. The third kappa shape index (κ3) is 4.87. The summed E-state index contributed by atoms with van der Waals surface area (Å²) in [7, 11) is 0. The Kier molecular flexibility index (Phi) is 5.96. The Morgan fingerprint density at radius 3 is 2.70 bits per heavy atom. The highest BCUT2D eigenvalue weighted by Gasteiger charge is 2.12. The van der Waals surface area contributed by atoms with Crippen LogP contribution in [0.3, 0.4) is 0 Å². The minimum atomic E-state index is -0.799. The Bertz CT molecular complexity index is 491. The highest BCUT2D eigenvalue weighted by atomic mass is 19.1. The van der Waals surface area contributed by atoms with E-state index in [1.165, 1.54) is 12.1 Å². The number of phenolic OH excluding ortho intramolecular Hbond substituents is 1. The maximum Gasteiger partial charge on any atom is 0.254 e. The molecule has 20 heavy (non-hydrogen) atoms. The molecule has 0 aliphatic rings. The van der Waals surface area contributed by atoms with Crippen molar-refractivity contribution in [2.45, 2.75) is 32.7 Å². The van der Waals surface area contributed by atoms with Gasteiger partial charge in [0.25, 0.3) is 5.91 Å². The zero-order valence-electron chi connectivity index (χ0n) is 11.6. The molecule has 110 valence electrons. The molecule has 1 aromatic rings. The molecule has 0 saturated carbocycles. The number of carbonyl (C=O) groups is 2. The third-order valence-electron chi connectivity index (χ3n) is 2.85. The minimum absolute atomic E-state index is 0.0905. The van der Waals surface area contributed by atoms with E-state index in [0.717, 1.165) is 12.5 Å². The standard InChI is InChI=1S/C14H19FN2O3/c1-3-9(2)17-13(19)6-7-16-14(20)11-5-4-10(18)8-12(11)15/h4-5,8-9,18H,3,6-7H2,1-2H3,(H,16,20)(H,17,19). The van der Waals surface area contributed by atoms with Gasteiger partial charge in [-0.05, 0) is 25.5 Å². The number of hydrogen-bond acceptors (Lipinski definition) is 3. The average molecular weight is 282 g/mol. The number of phenols is 1. The highest BCUT2D eigenvalue weighted by molar-refractivity contribution is 5.94. The van der Waals surface area contributed by atoms with Gasteiger partial charge < -0.3 is 15.7 Å². The monoisotopic (exact) mass is 282 g/mol. The summed E-state index contributed by atoms with van der Waals surface area (Å²) >= 11 is 0. The van der Waals surface area contributed by atoms with Crippen molar-refractivity contribution >= 4 is 11.8 Å². The lowest BCUT2D eigenvalue weighted by Crippen LogP contribution is -2.35. The Morgan fingerprint density at radius 2 is 2.10 bits per heavy atom. The predicted octanol–water partition coefficient (Wildman–Crippen LogP) is 1.57. The zero-order valence-corrected chi connectivity index (χ0v) is 11.6. The molecule has 0 aliphatic carbocycles. The van der Waals surface area contributed by atoms with Crippen molar-refractivity contribution in [3.8, 4) is 5.75 Å². The van der Waals surface area contributed by atoms with Crippen LogP contribution >= 0.6 is 0 Å². The number of benzene rings is 1. The van der Waals surface area contributed by atoms with Gasteiger partial charge in [-0.15, -0.1) is 0 Å². The summed E-state index contributed by atoms with van der Waals surface area (Å²) < 4.78 is 13.4. The molecule has 0 radical (unpaired) electrons. The molecule has 6 heteroatoms. The quantitative estimate of drug-likeness (QED) is 0.741. The topological polar surface area (TPSA) is 78.4 Å². The maximum atomic E-state index is 13.4. The van der Waals surface area contributed by atoms with E-state index in [1.807, 2.05) is 13.8 Å². The Morgan fingerprint density at radius 1 is 1.40 bits per heavy atom. The van der Waals surface area contributed by atoms with Crippen molar-refractivity contribution < 1.29 is 19.1 Å². The molecular weight excluding hydrogens is 263 g/mol. The maximum absolute atomic E-state index is 13.4. The Labute approximate surface area is 117 Å². The van der Waals surface area contributed by atoms with Gasteiger partial charge in [-0.2, -0.15) is 0 Å². The first-order valence-corrected chi connectivity index (χ1v) is 6.50. The number of hydrogen-bond donors (Lipinski definition) is 3. The van der Waals surface area contributed by atoms with Crippen LogP contribution in [0.25, 0.3) is 0 Å². The van der Waals surface area contributed by atoms with Crippen molar-refractivity contribution in [1.82, 2.24) is 10.6 Å². The fourth-order valence-corrected chi connectivity index (χ4v) is 1.52. The van der Waals surface area contributed by atoms with Gasteiger partial charge in [0, 0.05) is 25.1 Å². The SMILES string of the molecule is CCC(C)NC(=O)CCNC(=O)c1ccc(O)cc1F. The van der Waals surface area contributed by atoms with E-state index in [-0.39, 0.29) is 36.2 Å². The van der Waals surface area contributed by atoms with E-state index >= 15 is 0 Å². The zero-order chi connectivity index (χ0) is 15.1. The van der Waals surface area contributed by atoms with Gasteiger partial charge >= 0.3 is 0 Å². The molecule has 5 nitrogen and oxygen atoms in total. The van der Waals surface area contributed by atoms with E-state index in [9.17, 15) is 14.0 Å². The highest BCUT2D eigenvalue weighted by Crippen LogP contribution is 2.14. The van der Waals surface area contributed by atoms with Crippen LogP contribution in [0.4, 0.5) is 4.39 Å². The molecule has 0 heterocycles. The first-order valence-electron chi connectivity index (χ1n) is 6.50. The molecule has 3 N–H and O–H groups in total. The molecule has 1 aromatic carbocycles. The fraction of sp³-hybridized carbons (Fsp3) is 0.429. The number of halogens is 1. The van der Waals surface area contributed by atoms with E-state index in [2.05, 4.69) is 10.6 Å². The van der Waals surface area contributed by atoms with Crippen LogP contribution in [0, 0.1) is 5.82 Å². The summed E-state index contributed by atoms with van der Waals surface area (Å²) in [6.07, 6.45) is 0.965. The molecule has 0 saturated heterocycles. The third-order valence-corrected chi connectivity index (χ3v) is 2.85. The number of aromatic hydroxyl groups is 1. The lowest BCUT2D eigenvalue weighted by atomic mass is 10.2. The molecular formula is C14H19FN2O3. The first-order chi connectivity index (χ1) is 9.43. The van der Waals surface area contributed by atoms with Gasteiger partial charge in [0.15, 0.2) is 0 Å². The van der Waals surface area contributed by atoms with Crippen molar-refractivity contribution in [3.63, 3.8) is 0 Å². The minimum Gasteiger partial charge on any atom is -0.508 e. The molecule has 0 bridgehead atoms. The fourth-order valence-electron chi connectivity index (χ4n) is 1.52. The van der Waals surface area contributed by atoms with Crippen LogP contribution < -0.4 is 10.6 Å². The molecule has 1 unspecified atom stereocenters. The van der Waals surface area contributed by atoms with Crippen LogP contribution in [0.5, 0.6) is 5.75 Å². The Hall–Kier alpha value is -2.11. The van der Waals surface area contributed by atoms with Gasteiger partial charge in [-0.3, -0.25) is 9.59 Å². The number of carbonyl (C=O) groups excluding carboxylic acids is 2. The molecule has 2 amide bonds. The second kappa shape index (κ2) is 7.47. The lowest BCUT2D eigenvalue weighted by molar-refractivity contribution is -0.121. The summed E-state index contributed by atoms with van der Waals surface area (Å²) in [4.78, 5) is 23.1. The Balaban J connectivity index is 2.42. The van der Waals surface area contributed by atoms with Crippen LogP contribution in [-0.4, -0.2) is 29.5 Å². The van der Waals surface area contributed by atoms with Gasteiger partial charge in [-0.1, -0.05) is 6.92 Å². The molecule has 1 rings (SSSR count). The van der Waals surface area contributed by atoms with Crippen LogP contribution in [0.15, 0.2) is 18.2 Å². The predicted molar refractivity (Wildman–Crippen MR) is 72.9 cm³/mol. The van der Waals surface area contributed by atoms with E-state index < -0.39 is 11.7 Å². The molecule has 1 atom stereocenters. The van der Waals surface area contributed by atoms with Gasteiger partial charge in [-0.25, -0.2) is 4.39 Å². The van der Waals surface area contributed by atoms with Crippen molar-refractivity contribution in [3.05, 3.63) is 29.6 Å². The van der Waals surface area contributed by atoms with E-state index in [0.29, 0.717) is 0 Å². The molecule has 0 aromatic heterocycles. The molecule has 0 aliphatic heterocycles. The molecule has 0 fully saturated rings. The second-order valence-corrected chi connectivity index (χ2v) is 4.55. The van der Waals surface area contributed by atoms with Gasteiger partial charge in [0.05, 0.1) is 5.56 Å². The number of rotatable bonds is 6. The largest absolute Gasteiger partial charge is 0.508 e. The van der Waals surface area contributed by atoms with Crippen molar-refractivity contribution in [1.29, 1.82) is 0 Å². The van der Waals surface area contributed by atoms with Crippen molar-refractivity contribution in [2.24, 2.45) is 0 Å². The lowest BCUT2D eigenvalue weighted by Gasteiger charge is -2.11. The van der Waals surface area contributed by atoms with Gasteiger partial charge in [0.1, 0.15) is 11.6 Å². The van der Waals surface area contributed by atoms with Gasteiger partial charge in [0.2, 0.25) is 5.91 Å². The second-order valence-electron chi connectivity index (χ2n) is 4.55. The summed E-state index contributed by atoms with van der Waals surface area (Å²) in [5.41, 5.74) is -0.162. The summed E-state index contributed by atoms with van der Waals surface area (Å²) in [6, 6.07) is 3.38. The van der Waals surface area contributed by atoms with Crippen LogP contribution in [0.2, 0.25) is 0 Å². The number of nitrogens with one attached hydrogen (secondary N) is 2. The van der Waals surface area contributed by atoms with E-state index in [1.54, 1.807) is 0 Å². The van der Waals surface area contributed by atoms with Crippen LogP contribution in [-0.2, 0) is 4.79 Å². The van der Waals surface area contributed by atoms with Crippen LogP contribution in [0.1, 0.15) is 37.0 Å². The molecule has 0 spiro atoms. The van der Waals surface area contributed by atoms with Crippen molar-refractivity contribution in [2.75, 3.05) is 6.54 Å². The number of amides is 2. The summed E-state index contributed by atoms with van der Waals surface area (Å²) in [5, 5.41) is 14.3. The summed E-state index contributed by atoms with van der Waals surface area (Å²) in [5.74, 6) is -1.82. The smallest absolute Gasteiger partial charge is 0.254 e. The average Bonchev–Trinajstić information content (AvgIpc) is 2.38. The van der Waals surface area contributed by atoms with E-state index in [4.69, 9.17) is 5.11 Å². The summed E-state index contributed by atoms with van der Waals surface area (Å²) in [6.45, 7) is 3.98.